The van der Waals surface area contributed by atoms with E-state index in [-0.39, 0.29) is 5.84 Å². The van der Waals surface area contributed by atoms with Crippen molar-refractivity contribution in [2.45, 2.75) is 32.6 Å². The minimum Gasteiger partial charge on any atom is -0.493 e. The molecule has 1 aromatic carbocycles. The molecule has 0 atom stereocenters. The molecule has 0 aliphatic heterocycles. The van der Waals surface area contributed by atoms with E-state index in [0.717, 1.165) is 16.6 Å². The monoisotopic (exact) mass is 314 g/mol. The second-order valence-electron chi connectivity index (χ2n) is 4.38. The molecule has 100 valence electrons. The van der Waals surface area contributed by atoms with Crippen LogP contribution in [0.25, 0.3) is 0 Å². The van der Waals surface area contributed by atoms with Crippen LogP contribution < -0.4 is 10.5 Å². The topological polar surface area (TPSA) is 67.8 Å². The number of hydrogen-bond donors (Lipinski definition) is 2. The van der Waals surface area contributed by atoms with E-state index in [1.54, 1.807) is 0 Å². The predicted molar refractivity (Wildman–Crippen MR) is 76.4 cm³/mol. The summed E-state index contributed by atoms with van der Waals surface area (Å²) in [6.45, 7) is 4.81. The van der Waals surface area contributed by atoms with Gasteiger partial charge in [-0.1, -0.05) is 34.9 Å². The molecule has 0 radical (unpaired) electrons. The van der Waals surface area contributed by atoms with Crippen molar-refractivity contribution in [3.05, 3.63) is 28.2 Å². The van der Waals surface area contributed by atoms with E-state index in [1.807, 2.05) is 12.1 Å². The van der Waals surface area contributed by atoms with Gasteiger partial charge in [0.25, 0.3) is 0 Å². The Morgan fingerprint density at radius 3 is 2.83 bits per heavy atom. The summed E-state index contributed by atoms with van der Waals surface area (Å²) in [7, 11) is 0. The third-order valence-electron chi connectivity index (χ3n) is 2.56. The van der Waals surface area contributed by atoms with Gasteiger partial charge in [-0.3, -0.25) is 0 Å². The summed E-state index contributed by atoms with van der Waals surface area (Å²) < 4.78 is 6.79. The van der Waals surface area contributed by atoms with Crippen LogP contribution in [0.3, 0.4) is 0 Å². The zero-order valence-corrected chi connectivity index (χ0v) is 12.3. The van der Waals surface area contributed by atoms with Crippen molar-refractivity contribution in [3.8, 4) is 5.75 Å². The fourth-order valence-corrected chi connectivity index (χ4v) is 1.97. The van der Waals surface area contributed by atoms with Crippen LogP contribution in [0.4, 0.5) is 0 Å². The highest BCUT2D eigenvalue weighted by atomic mass is 79.9. The number of rotatable bonds is 6. The zero-order valence-electron chi connectivity index (χ0n) is 10.7. The summed E-state index contributed by atoms with van der Waals surface area (Å²) in [6.07, 6.45) is 1.26. The molecule has 0 saturated heterocycles. The Labute approximate surface area is 116 Å². The van der Waals surface area contributed by atoms with Gasteiger partial charge in [-0.2, -0.15) is 0 Å². The second kappa shape index (κ2) is 7.26. The summed E-state index contributed by atoms with van der Waals surface area (Å²) in [5.41, 5.74) is 6.56. The van der Waals surface area contributed by atoms with Gasteiger partial charge < -0.3 is 15.7 Å². The number of hydrogen-bond acceptors (Lipinski definition) is 3. The van der Waals surface area contributed by atoms with Crippen molar-refractivity contribution in [1.82, 2.24) is 0 Å². The highest BCUT2D eigenvalue weighted by molar-refractivity contribution is 9.10. The Kier molecular flexibility index (Phi) is 5.98. The number of ether oxygens (including phenoxy) is 1. The molecule has 0 bridgehead atoms. The van der Waals surface area contributed by atoms with Gasteiger partial charge in [0.2, 0.25) is 0 Å². The van der Waals surface area contributed by atoms with E-state index >= 15 is 0 Å². The average Bonchev–Trinajstić information content (AvgIpc) is 2.35. The number of oxime groups is 1. The summed E-state index contributed by atoms with van der Waals surface area (Å²) in [5, 5.41) is 11.3. The van der Waals surface area contributed by atoms with E-state index < -0.39 is 0 Å². The minimum absolute atomic E-state index is 0.235. The van der Waals surface area contributed by atoms with Crippen LogP contribution in [0.2, 0.25) is 0 Å². The molecule has 0 heterocycles. The van der Waals surface area contributed by atoms with Gasteiger partial charge in [0.1, 0.15) is 11.6 Å². The lowest BCUT2D eigenvalue weighted by atomic mass is 10.0. The maximum atomic E-state index is 8.42. The molecule has 1 rings (SSSR count). The molecule has 18 heavy (non-hydrogen) atoms. The number of amidine groups is 1. The molecule has 0 aliphatic rings. The van der Waals surface area contributed by atoms with E-state index in [2.05, 4.69) is 41.0 Å². The van der Waals surface area contributed by atoms with E-state index in [1.165, 1.54) is 5.56 Å². The molecule has 0 spiro atoms. The van der Waals surface area contributed by atoms with Crippen LogP contribution in [0.15, 0.2) is 27.8 Å². The minimum atomic E-state index is 0.235. The first-order chi connectivity index (χ1) is 8.54. The lowest BCUT2D eigenvalue weighted by Gasteiger charge is -2.14. The molecule has 0 saturated carbocycles. The van der Waals surface area contributed by atoms with Crippen LogP contribution in [0, 0.1) is 0 Å². The fraction of sp³-hybridized carbons (Fsp3) is 0.462. The third-order valence-corrected chi connectivity index (χ3v) is 3.05. The first-order valence-corrected chi connectivity index (χ1v) is 6.72. The van der Waals surface area contributed by atoms with E-state index in [4.69, 9.17) is 15.7 Å². The molecule has 0 aliphatic carbocycles. The largest absolute Gasteiger partial charge is 0.493 e. The van der Waals surface area contributed by atoms with Crippen molar-refractivity contribution < 1.29 is 9.94 Å². The summed E-state index contributed by atoms with van der Waals surface area (Å²) in [5.74, 6) is 1.53. The highest BCUT2D eigenvalue weighted by Crippen LogP contribution is 2.29. The third kappa shape index (κ3) is 4.56. The molecule has 3 N–H and O–H groups in total. The van der Waals surface area contributed by atoms with Crippen LogP contribution >= 0.6 is 15.9 Å². The van der Waals surface area contributed by atoms with Gasteiger partial charge in [0.15, 0.2) is 0 Å². The fourth-order valence-electron chi connectivity index (χ4n) is 1.59. The Balaban J connectivity index is 2.56. The van der Waals surface area contributed by atoms with Crippen LogP contribution in [-0.2, 0) is 0 Å². The van der Waals surface area contributed by atoms with Gasteiger partial charge in [0, 0.05) is 10.9 Å². The quantitative estimate of drug-likeness (QED) is 0.278. The van der Waals surface area contributed by atoms with Crippen LogP contribution in [-0.4, -0.2) is 17.6 Å². The summed E-state index contributed by atoms with van der Waals surface area (Å²) >= 11 is 3.46. The molecule has 1 aromatic rings. The molecule has 0 amide bonds. The Hall–Kier alpha value is -1.23. The zero-order chi connectivity index (χ0) is 13.5. The van der Waals surface area contributed by atoms with Crippen LogP contribution in [0.1, 0.15) is 38.2 Å². The molecule has 0 unspecified atom stereocenters. The maximum absolute atomic E-state index is 8.42. The molecule has 5 heteroatoms. The van der Waals surface area contributed by atoms with Gasteiger partial charge >= 0.3 is 0 Å². The van der Waals surface area contributed by atoms with E-state index in [0.29, 0.717) is 18.9 Å². The number of halogens is 1. The summed E-state index contributed by atoms with van der Waals surface area (Å²) in [6, 6.07) is 6.00. The molecule has 0 aromatic heterocycles. The smallest absolute Gasteiger partial charge is 0.139 e. The maximum Gasteiger partial charge on any atom is 0.139 e. The van der Waals surface area contributed by atoms with Gasteiger partial charge in [-0.25, -0.2) is 0 Å². The van der Waals surface area contributed by atoms with Gasteiger partial charge in [-0.05, 0) is 36.1 Å². The number of benzene rings is 1. The SMILES string of the molecule is CC(C)c1cc(Br)ccc1OCCC/C(N)=N/O. The molecule has 0 fully saturated rings. The Bertz CT molecular complexity index is 419. The van der Waals surface area contributed by atoms with Crippen molar-refractivity contribution >= 4 is 21.8 Å². The lowest BCUT2D eigenvalue weighted by Crippen LogP contribution is -2.13. The molecule has 4 nitrogen and oxygen atoms in total. The number of nitrogens with two attached hydrogens (primary N) is 1. The van der Waals surface area contributed by atoms with Crippen LogP contribution in [0.5, 0.6) is 5.75 Å². The summed E-state index contributed by atoms with van der Waals surface area (Å²) in [4.78, 5) is 0. The van der Waals surface area contributed by atoms with Crippen molar-refractivity contribution in [2.24, 2.45) is 10.9 Å². The molecular weight excluding hydrogens is 296 g/mol. The normalized spacial score (nSPS) is 11.9. The standard InChI is InChI=1S/C13H19BrN2O2/c1-9(2)11-8-10(14)5-6-12(11)18-7-3-4-13(15)16-17/h5-6,8-9,17H,3-4,7H2,1-2H3,(H2,15,16). The second-order valence-corrected chi connectivity index (χ2v) is 5.30. The average molecular weight is 315 g/mol. The van der Waals surface area contributed by atoms with Crippen molar-refractivity contribution in [2.75, 3.05) is 6.61 Å². The predicted octanol–water partition coefficient (Wildman–Crippen LogP) is 3.48. The molecular formula is C13H19BrN2O2. The van der Waals surface area contributed by atoms with Gasteiger partial charge in [-0.15, -0.1) is 0 Å². The van der Waals surface area contributed by atoms with Crippen molar-refractivity contribution in [3.63, 3.8) is 0 Å². The van der Waals surface area contributed by atoms with Gasteiger partial charge in [0.05, 0.1) is 6.61 Å². The number of nitrogens with zero attached hydrogens (tertiary/aromatic N) is 1. The highest BCUT2D eigenvalue weighted by Gasteiger charge is 2.08. The Morgan fingerprint density at radius 1 is 1.50 bits per heavy atom. The van der Waals surface area contributed by atoms with E-state index in [9.17, 15) is 0 Å². The Morgan fingerprint density at radius 2 is 2.22 bits per heavy atom. The first-order valence-electron chi connectivity index (χ1n) is 5.93. The van der Waals surface area contributed by atoms with Crippen molar-refractivity contribution in [1.29, 1.82) is 0 Å². The first kappa shape index (κ1) is 14.8. The lowest BCUT2D eigenvalue weighted by molar-refractivity contribution is 0.303.